The number of hydrogen-bond donors (Lipinski definition) is 4. The van der Waals surface area contributed by atoms with E-state index in [1.54, 1.807) is 56.3 Å². The average molecular weight is 1030 g/mol. The number of benzene rings is 1. The van der Waals surface area contributed by atoms with Gasteiger partial charge in [0.15, 0.2) is 17.7 Å². The van der Waals surface area contributed by atoms with E-state index in [0.717, 1.165) is 5.56 Å². The number of ether oxygens (including phenoxy) is 7. The van der Waals surface area contributed by atoms with Gasteiger partial charge in [-0.3, -0.25) is 24.5 Å². The minimum atomic E-state index is -1.31. The van der Waals surface area contributed by atoms with Gasteiger partial charge in [-0.05, 0) is 119 Å². The molecule has 3 saturated heterocycles. The summed E-state index contributed by atoms with van der Waals surface area (Å²) in [6.07, 6.45) is -1.25. The Bertz CT molecular complexity index is 2200. The summed E-state index contributed by atoms with van der Waals surface area (Å²) >= 11 is 0. The summed E-state index contributed by atoms with van der Waals surface area (Å²) in [5, 5.41) is 29.6. The number of nitrogens with one attached hydrogen (secondary N) is 3. The first kappa shape index (κ1) is 58.7. The number of rotatable bonds is 16. The van der Waals surface area contributed by atoms with Crippen molar-refractivity contribution >= 4 is 35.7 Å². The Morgan fingerprint density at radius 1 is 1.08 bits per heavy atom. The molecule has 21 nitrogen and oxygen atoms in total. The molecule has 4 N–H and O–H groups in total. The minimum Gasteiger partial charge on any atom is -0.458 e. The number of aryl methyl sites for hydroxylation is 1. The second kappa shape index (κ2) is 25.4. The first-order valence-electron chi connectivity index (χ1n) is 25.5. The lowest BCUT2D eigenvalue weighted by Crippen LogP contribution is -2.61. The highest BCUT2D eigenvalue weighted by atomic mass is 16.7. The van der Waals surface area contributed by atoms with E-state index in [1.165, 1.54) is 20.1 Å². The molecule has 3 amide bonds. The van der Waals surface area contributed by atoms with Crippen LogP contribution in [0, 0.1) is 17.8 Å². The number of nitrogens with zero attached hydrogens (tertiary/aromatic N) is 5. The second-order valence-electron chi connectivity index (χ2n) is 21.4. The van der Waals surface area contributed by atoms with Crippen LogP contribution in [0.1, 0.15) is 101 Å². The Morgan fingerprint density at radius 2 is 1.79 bits per heavy atom. The minimum absolute atomic E-state index is 0.0302. The van der Waals surface area contributed by atoms with Crippen molar-refractivity contribution in [2.45, 2.75) is 174 Å². The molecule has 1 unspecified atom stereocenters. The average Bonchev–Trinajstić information content (AvgIpc) is 3.91. The van der Waals surface area contributed by atoms with Crippen LogP contribution >= 0.6 is 0 Å². The van der Waals surface area contributed by atoms with E-state index < -0.39 is 101 Å². The molecule has 3 fully saturated rings. The van der Waals surface area contributed by atoms with Crippen LogP contribution in [-0.2, 0) is 49.3 Å². The molecule has 0 bridgehead atoms. The van der Waals surface area contributed by atoms with Crippen molar-refractivity contribution in [2.24, 2.45) is 17.8 Å². The quantitative estimate of drug-likeness (QED) is 0.0500. The second-order valence-corrected chi connectivity index (χ2v) is 21.4. The summed E-state index contributed by atoms with van der Waals surface area (Å²) in [6, 6.07) is 5.83. The van der Waals surface area contributed by atoms with Gasteiger partial charge in [0.1, 0.15) is 36.0 Å². The van der Waals surface area contributed by atoms with Gasteiger partial charge in [0, 0.05) is 56.0 Å². The molecule has 21 heteroatoms. The Labute approximate surface area is 430 Å². The predicted molar refractivity (Wildman–Crippen MR) is 271 cm³/mol. The van der Waals surface area contributed by atoms with Crippen LogP contribution in [0.4, 0.5) is 20.1 Å². The van der Waals surface area contributed by atoms with Crippen molar-refractivity contribution in [3.8, 4) is 11.3 Å². The molecule has 5 rings (SSSR count). The van der Waals surface area contributed by atoms with E-state index in [9.17, 15) is 29.1 Å². The monoisotopic (exact) mass is 1030 g/mol. The first-order chi connectivity index (χ1) is 34.3. The lowest BCUT2D eigenvalue weighted by Gasteiger charge is -2.47. The van der Waals surface area contributed by atoms with Gasteiger partial charge in [-0.15, -0.1) is 5.10 Å². The van der Waals surface area contributed by atoms with Crippen LogP contribution in [0.5, 0.6) is 0 Å². The molecule has 3 aliphatic heterocycles. The predicted octanol–water partition coefficient (Wildman–Crippen LogP) is 5.94. The number of Topliss-reactive ketones (excluding diaryl/α,β-unsaturated/α-hetero) is 1. The largest absolute Gasteiger partial charge is 0.458 e. The van der Waals surface area contributed by atoms with Crippen molar-refractivity contribution < 1.29 is 62.2 Å². The fourth-order valence-electron chi connectivity index (χ4n) is 10.3. The third-order valence-electron chi connectivity index (χ3n) is 14.1. The number of cyclic esters (lactones) is 1. The maximum absolute atomic E-state index is 14.6. The Balaban J connectivity index is 1.33. The number of anilines is 1. The number of aromatic nitrogens is 3. The number of likely N-dealkylation sites (N-methyl/N-ethyl adjacent to an activating group) is 1. The summed E-state index contributed by atoms with van der Waals surface area (Å²) in [7, 11) is 5.19. The Kier molecular flexibility index (Phi) is 20.4. The van der Waals surface area contributed by atoms with Crippen molar-refractivity contribution in [3.63, 3.8) is 0 Å². The van der Waals surface area contributed by atoms with Crippen molar-refractivity contribution in [1.82, 2.24) is 35.4 Å². The molecule has 73 heavy (non-hydrogen) atoms. The summed E-state index contributed by atoms with van der Waals surface area (Å²) < 4.78 is 44.1. The number of carbonyl (C=O) groups excluding carboxylic acids is 5. The van der Waals surface area contributed by atoms with Gasteiger partial charge in [-0.25, -0.2) is 14.4 Å². The summed E-state index contributed by atoms with van der Waals surface area (Å²) in [4.78, 5) is 71.1. The molecule has 408 valence electrons. The summed E-state index contributed by atoms with van der Waals surface area (Å²) in [5.74, 6) is -3.62. The number of carbonyl (C=O) groups is 5. The molecule has 0 radical (unpaired) electrons. The fourth-order valence-corrected chi connectivity index (χ4v) is 10.3. The molecule has 4 heterocycles. The molecule has 0 saturated carbocycles. The van der Waals surface area contributed by atoms with E-state index in [1.807, 2.05) is 65.0 Å². The van der Waals surface area contributed by atoms with Gasteiger partial charge in [0.25, 0.3) is 0 Å². The zero-order valence-electron chi connectivity index (χ0n) is 45.2. The van der Waals surface area contributed by atoms with E-state index in [4.69, 9.17) is 33.2 Å². The molecule has 3 aliphatic rings. The van der Waals surface area contributed by atoms with Gasteiger partial charge in [0.2, 0.25) is 0 Å². The number of methoxy groups -OCH3 is 1. The van der Waals surface area contributed by atoms with E-state index in [0.29, 0.717) is 56.7 Å². The molecular formula is C52H82N8O13. The number of fused-ring (bicyclic) bond motifs is 1. The van der Waals surface area contributed by atoms with Gasteiger partial charge in [-0.1, -0.05) is 50.8 Å². The van der Waals surface area contributed by atoms with Crippen molar-refractivity contribution in [3.05, 3.63) is 43.1 Å². The number of unbranched alkanes of at least 4 members (excludes halogenated alkanes) is 1. The number of amides is 3. The van der Waals surface area contributed by atoms with Crippen molar-refractivity contribution in [2.75, 3.05) is 52.8 Å². The summed E-state index contributed by atoms with van der Waals surface area (Å²) in [5.41, 5.74) is -1.19. The van der Waals surface area contributed by atoms with E-state index >= 15 is 0 Å². The highest BCUT2D eigenvalue weighted by Gasteiger charge is 2.59. The third-order valence-corrected chi connectivity index (χ3v) is 14.1. The maximum Gasteiger partial charge on any atom is 0.412 e. The lowest BCUT2D eigenvalue weighted by molar-refractivity contribution is -0.296. The van der Waals surface area contributed by atoms with Crippen molar-refractivity contribution in [1.29, 1.82) is 0 Å². The Hall–Kier alpha value is -5.19. The molecule has 1 aromatic carbocycles. The lowest BCUT2D eigenvalue weighted by atomic mass is 9.78. The molecule has 13 atom stereocenters. The van der Waals surface area contributed by atoms with Crippen LogP contribution in [0.2, 0.25) is 0 Å². The maximum atomic E-state index is 14.6. The molecule has 1 aromatic heterocycles. The van der Waals surface area contributed by atoms with Crippen LogP contribution in [-0.4, -0.2) is 173 Å². The van der Waals surface area contributed by atoms with Gasteiger partial charge in [0.05, 0.1) is 30.0 Å². The smallest absolute Gasteiger partial charge is 0.412 e. The molecule has 2 aromatic rings. The van der Waals surface area contributed by atoms with Crippen LogP contribution in [0.15, 0.2) is 43.1 Å². The zero-order chi connectivity index (χ0) is 54.0. The molecule has 0 aliphatic carbocycles. The fraction of sp³-hybridized carbons (Fsp3) is 0.712. The number of aliphatic hydroxyl groups excluding tert-OH is 1. The van der Waals surface area contributed by atoms with E-state index in [-0.39, 0.29) is 31.5 Å². The van der Waals surface area contributed by atoms with Crippen LogP contribution in [0.3, 0.4) is 0 Å². The summed E-state index contributed by atoms with van der Waals surface area (Å²) in [6.45, 7) is 23.0. The number of hydrogen-bond acceptors (Lipinski definition) is 17. The SMILES string of the molecule is C=CCOC(=O)NC[C@@H]1CC(N(C)C)[C@@H](O)[C@H](O[C@@H]2[C@@H](C)C(=O)[C@@H](C)C(=O)O[C@H](CC)[C@@]3(C)OC(=O)N(CCCCn4cc(-c5cccc(NC(=O)OC(C)(C)C)c5)nn4)[C@@H]3[C@@H](C)NC[C@H](C)C[C@@]2(C)OC)O1. The third kappa shape index (κ3) is 15.0. The highest BCUT2D eigenvalue weighted by molar-refractivity contribution is 6.00. The molecule has 0 spiro atoms. The number of esters is 1. The topological polar surface area (TPSA) is 243 Å². The van der Waals surface area contributed by atoms with Gasteiger partial charge < -0.3 is 53.8 Å². The Morgan fingerprint density at radius 3 is 2.45 bits per heavy atom. The normalized spacial score (nSPS) is 31.6. The number of aliphatic hydroxyl groups is 1. The van der Waals surface area contributed by atoms with Crippen LogP contribution in [0.25, 0.3) is 11.3 Å². The standard InChI is InChI=1S/C52H82N8O13/c1-15-24-68-47(64)54-29-37-26-39(58(12)13)42(62)46(69-37)71-44-32(4)41(61)33(5)45(63)70-40(16-2)52(11)43(34(6)53-28-31(3)27-51(44,10)67-14)60(49(66)73-52)23-18-17-22-59-30-38(56-57-59)35-20-19-21-36(25-35)55-48(65)72-50(7,8)9/h15,19-21,25,30-34,37,39-40,42-44,46,53,62H,1,16-18,22-24,26-29H2,2-14H3,(H,54,64)(H,55,65)/t31-,32+,33-,34-,37+,39?,40-,42-,43-,44-,46+,51-,52-/m1/s1. The zero-order valence-corrected chi connectivity index (χ0v) is 45.2. The van der Waals surface area contributed by atoms with E-state index in [2.05, 4.69) is 32.8 Å². The first-order valence-corrected chi connectivity index (χ1v) is 25.5. The van der Waals surface area contributed by atoms with Crippen LogP contribution < -0.4 is 16.0 Å². The highest BCUT2D eigenvalue weighted by Crippen LogP contribution is 2.40. The van der Waals surface area contributed by atoms with Gasteiger partial charge >= 0.3 is 24.2 Å². The number of alkyl carbamates (subject to hydrolysis) is 1. The van der Waals surface area contributed by atoms with Gasteiger partial charge in [-0.2, -0.15) is 0 Å². The number of ketones is 1. The molecular weight excluding hydrogens is 945 g/mol.